The largest absolute Gasteiger partial charge is 0.329 e. The minimum Gasteiger partial charge on any atom is -0.329 e. The monoisotopic (exact) mass is 245 g/mol. The third-order valence-electron chi connectivity index (χ3n) is 3.84. The Bertz CT molecular complexity index is 497. The maximum atomic E-state index is 13.3. The number of fused-ring (bicyclic) bond motifs is 1. The highest BCUT2D eigenvalue weighted by molar-refractivity contribution is 5.80. The Kier molecular flexibility index (Phi) is 2.90. The summed E-state index contributed by atoms with van der Waals surface area (Å²) in [5.74, 6) is -0.0638. The van der Waals surface area contributed by atoms with E-state index in [1.165, 1.54) is 6.07 Å². The SMILES string of the molecule is O=C1CC=C[C@@H]2CCCC(c3cccc(F)c3)N12. The molecule has 18 heavy (non-hydrogen) atoms. The van der Waals surface area contributed by atoms with Gasteiger partial charge in [0.1, 0.15) is 5.82 Å². The molecule has 94 valence electrons. The molecule has 0 radical (unpaired) electrons. The van der Waals surface area contributed by atoms with Crippen molar-refractivity contribution in [2.75, 3.05) is 0 Å². The number of rotatable bonds is 1. The summed E-state index contributed by atoms with van der Waals surface area (Å²) >= 11 is 0. The van der Waals surface area contributed by atoms with E-state index in [-0.39, 0.29) is 23.8 Å². The van der Waals surface area contributed by atoms with Crippen molar-refractivity contribution >= 4 is 5.91 Å². The number of amides is 1. The van der Waals surface area contributed by atoms with Gasteiger partial charge in [-0.05, 0) is 37.0 Å². The average molecular weight is 245 g/mol. The Labute approximate surface area is 106 Å². The van der Waals surface area contributed by atoms with Gasteiger partial charge in [0.2, 0.25) is 5.91 Å². The molecule has 1 fully saturated rings. The molecule has 0 aliphatic carbocycles. The van der Waals surface area contributed by atoms with Gasteiger partial charge < -0.3 is 4.90 Å². The smallest absolute Gasteiger partial charge is 0.227 e. The number of benzene rings is 1. The quantitative estimate of drug-likeness (QED) is 0.696. The van der Waals surface area contributed by atoms with Crippen LogP contribution in [0.25, 0.3) is 0 Å². The van der Waals surface area contributed by atoms with E-state index in [0.29, 0.717) is 6.42 Å². The van der Waals surface area contributed by atoms with Crippen molar-refractivity contribution in [3.05, 3.63) is 47.8 Å². The molecule has 1 saturated heterocycles. The Balaban J connectivity index is 1.95. The Morgan fingerprint density at radius 1 is 1.28 bits per heavy atom. The van der Waals surface area contributed by atoms with Crippen LogP contribution in [-0.4, -0.2) is 16.8 Å². The summed E-state index contributed by atoms with van der Waals surface area (Å²) in [6.07, 6.45) is 7.58. The number of hydrogen-bond donors (Lipinski definition) is 0. The zero-order chi connectivity index (χ0) is 12.5. The van der Waals surface area contributed by atoms with Crippen LogP contribution in [0.5, 0.6) is 0 Å². The zero-order valence-electron chi connectivity index (χ0n) is 10.2. The van der Waals surface area contributed by atoms with Crippen LogP contribution in [0.4, 0.5) is 4.39 Å². The van der Waals surface area contributed by atoms with E-state index in [9.17, 15) is 9.18 Å². The lowest BCUT2D eigenvalue weighted by molar-refractivity contribution is -0.137. The van der Waals surface area contributed by atoms with Gasteiger partial charge in [-0.2, -0.15) is 0 Å². The molecule has 2 nitrogen and oxygen atoms in total. The maximum Gasteiger partial charge on any atom is 0.227 e. The fourth-order valence-corrected chi connectivity index (χ4v) is 3.05. The summed E-state index contributed by atoms with van der Waals surface area (Å²) in [6.45, 7) is 0. The first kappa shape index (κ1) is 11.5. The third-order valence-corrected chi connectivity index (χ3v) is 3.84. The number of halogens is 1. The highest BCUT2D eigenvalue weighted by Gasteiger charge is 2.34. The lowest BCUT2D eigenvalue weighted by atomic mass is 9.88. The van der Waals surface area contributed by atoms with Crippen LogP contribution < -0.4 is 0 Å². The van der Waals surface area contributed by atoms with Crippen molar-refractivity contribution in [1.29, 1.82) is 0 Å². The second-order valence-electron chi connectivity index (χ2n) is 5.00. The van der Waals surface area contributed by atoms with E-state index in [0.717, 1.165) is 24.8 Å². The van der Waals surface area contributed by atoms with Crippen molar-refractivity contribution in [3.8, 4) is 0 Å². The van der Waals surface area contributed by atoms with Gasteiger partial charge in [-0.15, -0.1) is 0 Å². The normalized spacial score (nSPS) is 27.2. The van der Waals surface area contributed by atoms with Gasteiger partial charge >= 0.3 is 0 Å². The summed E-state index contributed by atoms with van der Waals surface area (Å²) in [4.78, 5) is 14.0. The molecule has 1 aromatic carbocycles. The first-order valence-corrected chi connectivity index (χ1v) is 6.49. The topological polar surface area (TPSA) is 20.3 Å². The third kappa shape index (κ3) is 1.94. The number of hydrogen-bond acceptors (Lipinski definition) is 1. The molecule has 2 aliphatic heterocycles. The van der Waals surface area contributed by atoms with E-state index in [1.54, 1.807) is 12.1 Å². The van der Waals surface area contributed by atoms with Gasteiger partial charge in [0, 0.05) is 6.42 Å². The molecule has 1 unspecified atom stereocenters. The number of nitrogens with zero attached hydrogens (tertiary/aromatic N) is 1. The fraction of sp³-hybridized carbons (Fsp3) is 0.400. The van der Waals surface area contributed by atoms with Gasteiger partial charge in [-0.25, -0.2) is 4.39 Å². The molecule has 2 heterocycles. The van der Waals surface area contributed by atoms with Crippen LogP contribution in [0.15, 0.2) is 36.4 Å². The molecule has 0 aromatic heterocycles. The predicted molar refractivity (Wildman–Crippen MR) is 67.4 cm³/mol. The highest BCUT2D eigenvalue weighted by atomic mass is 19.1. The summed E-state index contributed by atoms with van der Waals surface area (Å²) in [7, 11) is 0. The van der Waals surface area contributed by atoms with Crippen molar-refractivity contribution in [3.63, 3.8) is 0 Å². The summed E-state index contributed by atoms with van der Waals surface area (Å²) in [6, 6.07) is 6.88. The Hall–Kier alpha value is -1.64. The molecule has 0 spiro atoms. The average Bonchev–Trinajstić information content (AvgIpc) is 2.38. The summed E-state index contributed by atoms with van der Waals surface area (Å²) in [5, 5.41) is 0. The molecule has 2 aliphatic rings. The lowest BCUT2D eigenvalue weighted by Crippen LogP contribution is -2.46. The molecule has 0 N–H and O–H groups in total. The van der Waals surface area contributed by atoms with Crippen LogP contribution in [0.2, 0.25) is 0 Å². The van der Waals surface area contributed by atoms with Crippen LogP contribution in [0.3, 0.4) is 0 Å². The van der Waals surface area contributed by atoms with Gasteiger partial charge in [0.25, 0.3) is 0 Å². The lowest BCUT2D eigenvalue weighted by Gasteiger charge is -2.43. The number of carbonyl (C=O) groups excluding carboxylic acids is 1. The fourth-order valence-electron chi connectivity index (χ4n) is 3.05. The first-order valence-electron chi connectivity index (χ1n) is 6.49. The number of carbonyl (C=O) groups is 1. The van der Waals surface area contributed by atoms with Crippen LogP contribution in [0, 0.1) is 5.82 Å². The van der Waals surface area contributed by atoms with Crippen LogP contribution >= 0.6 is 0 Å². The van der Waals surface area contributed by atoms with E-state index >= 15 is 0 Å². The molecule has 1 aromatic rings. The second kappa shape index (κ2) is 4.56. The van der Waals surface area contributed by atoms with Gasteiger partial charge in [-0.3, -0.25) is 4.79 Å². The molecule has 0 saturated carbocycles. The summed E-state index contributed by atoms with van der Waals surface area (Å²) < 4.78 is 13.3. The van der Waals surface area contributed by atoms with Crippen molar-refractivity contribution in [2.24, 2.45) is 0 Å². The van der Waals surface area contributed by atoms with Crippen molar-refractivity contribution in [2.45, 2.75) is 37.8 Å². The van der Waals surface area contributed by atoms with E-state index in [4.69, 9.17) is 0 Å². The molecule has 3 rings (SSSR count). The molecular weight excluding hydrogens is 229 g/mol. The van der Waals surface area contributed by atoms with Crippen LogP contribution in [-0.2, 0) is 4.79 Å². The molecule has 1 amide bonds. The second-order valence-corrected chi connectivity index (χ2v) is 5.00. The van der Waals surface area contributed by atoms with E-state index in [1.807, 2.05) is 17.0 Å². The predicted octanol–water partition coefficient (Wildman–Crippen LogP) is 3.21. The Morgan fingerprint density at radius 3 is 3.00 bits per heavy atom. The maximum absolute atomic E-state index is 13.3. The summed E-state index contributed by atoms with van der Waals surface area (Å²) in [5.41, 5.74) is 0.920. The van der Waals surface area contributed by atoms with Gasteiger partial charge in [-0.1, -0.05) is 24.3 Å². The van der Waals surface area contributed by atoms with Crippen molar-refractivity contribution in [1.82, 2.24) is 4.90 Å². The van der Waals surface area contributed by atoms with Gasteiger partial charge in [0.05, 0.1) is 12.1 Å². The highest BCUT2D eigenvalue weighted by Crippen LogP contribution is 2.37. The molecule has 2 atom stereocenters. The van der Waals surface area contributed by atoms with Gasteiger partial charge in [0.15, 0.2) is 0 Å². The first-order chi connectivity index (χ1) is 8.75. The zero-order valence-corrected chi connectivity index (χ0v) is 10.2. The minimum atomic E-state index is -0.227. The van der Waals surface area contributed by atoms with E-state index in [2.05, 4.69) is 6.08 Å². The number of piperidine rings is 1. The Morgan fingerprint density at radius 2 is 2.17 bits per heavy atom. The van der Waals surface area contributed by atoms with E-state index < -0.39 is 0 Å². The van der Waals surface area contributed by atoms with Crippen molar-refractivity contribution < 1.29 is 9.18 Å². The standard InChI is InChI=1S/C15H16FNO/c16-12-5-1-4-11(10-12)14-8-2-6-13-7-3-9-15(18)17(13)14/h1,3-5,7,10,13-14H,2,6,8-9H2/t13-,14?/m0/s1. The van der Waals surface area contributed by atoms with Crippen LogP contribution in [0.1, 0.15) is 37.3 Å². The molecule has 0 bridgehead atoms. The molecule has 3 heteroatoms. The minimum absolute atomic E-state index is 0.0388. The molecular formula is C15H16FNO.